The van der Waals surface area contributed by atoms with E-state index in [1.807, 2.05) is 41.5 Å². The minimum absolute atomic E-state index is 0.114. The Kier molecular flexibility index (Phi) is 4.83. The van der Waals surface area contributed by atoms with Gasteiger partial charge < -0.3 is 19.4 Å². The lowest BCUT2D eigenvalue weighted by atomic mass is 9.77. The van der Waals surface area contributed by atoms with E-state index < -0.39 is 23.2 Å². The van der Waals surface area contributed by atoms with Gasteiger partial charge in [0.25, 0.3) is 0 Å². The number of nitro groups is 1. The van der Waals surface area contributed by atoms with Crippen molar-refractivity contribution >= 4 is 24.0 Å². The van der Waals surface area contributed by atoms with Gasteiger partial charge in [0.05, 0.1) is 23.2 Å². The zero-order valence-corrected chi connectivity index (χ0v) is 15.3. The third-order valence-corrected chi connectivity index (χ3v) is 4.50. The molecule has 1 aromatic carbocycles. The third-order valence-electron chi connectivity index (χ3n) is 4.50. The van der Waals surface area contributed by atoms with Gasteiger partial charge in [0.1, 0.15) is 0 Å². The van der Waals surface area contributed by atoms with Crippen molar-refractivity contribution in [1.29, 1.82) is 0 Å². The third kappa shape index (κ3) is 3.34. The molecule has 2 rings (SSSR count). The van der Waals surface area contributed by atoms with Crippen molar-refractivity contribution in [3.05, 3.63) is 22.2 Å². The molecule has 1 fully saturated rings. The van der Waals surface area contributed by atoms with Crippen molar-refractivity contribution in [2.75, 3.05) is 12.4 Å². The quantitative estimate of drug-likeness (QED) is 0.506. The molecule has 0 atom stereocenters. The molecule has 7 nitrogen and oxygen atoms in total. The van der Waals surface area contributed by atoms with E-state index in [9.17, 15) is 10.1 Å². The van der Waals surface area contributed by atoms with E-state index in [0.29, 0.717) is 11.2 Å². The summed E-state index contributed by atoms with van der Waals surface area (Å²) in [5, 5.41) is 14.6. The van der Waals surface area contributed by atoms with Crippen molar-refractivity contribution in [2.45, 2.75) is 58.8 Å². The summed E-state index contributed by atoms with van der Waals surface area (Å²) in [5.74, 6) is 0.198. The average Bonchev–Trinajstić information content (AvgIpc) is 2.65. The molecule has 0 radical (unpaired) electrons. The lowest BCUT2D eigenvalue weighted by Crippen LogP contribution is -2.41. The Morgan fingerprint density at radius 3 is 2.17 bits per heavy atom. The van der Waals surface area contributed by atoms with Gasteiger partial charge in [-0.3, -0.25) is 10.1 Å². The number of hydrogen-bond acceptors (Lipinski definition) is 6. The Bertz CT molecular complexity index is 630. The van der Waals surface area contributed by atoms with Gasteiger partial charge in [0.15, 0.2) is 5.75 Å². The van der Waals surface area contributed by atoms with Crippen molar-refractivity contribution < 1.29 is 19.0 Å². The predicted molar refractivity (Wildman–Crippen MR) is 94.1 cm³/mol. The lowest BCUT2D eigenvalue weighted by molar-refractivity contribution is -0.385. The molecule has 1 aliphatic heterocycles. The highest BCUT2D eigenvalue weighted by molar-refractivity contribution is 6.64. The number of hydrogen-bond donors (Lipinski definition) is 1. The summed E-state index contributed by atoms with van der Waals surface area (Å²) in [6.45, 7) is 11.8. The number of benzene rings is 1. The minimum Gasteiger partial charge on any atom is -0.490 e. The molecule has 1 N–H and O–H groups in total. The number of anilines is 1. The van der Waals surface area contributed by atoms with Crippen molar-refractivity contribution in [2.24, 2.45) is 0 Å². The van der Waals surface area contributed by atoms with E-state index in [-0.39, 0.29) is 17.5 Å². The first-order valence-corrected chi connectivity index (χ1v) is 7.97. The fourth-order valence-electron chi connectivity index (χ4n) is 2.49. The topological polar surface area (TPSA) is 82.9 Å². The largest absolute Gasteiger partial charge is 0.497 e. The van der Waals surface area contributed by atoms with Gasteiger partial charge in [-0.05, 0) is 41.5 Å². The van der Waals surface area contributed by atoms with Crippen molar-refractivity contribution in [3.8, 4) is 5.75 Å². The summed E-state index contributed by atoms with van der Waals surface area (Å²) in [6, 6.07) is 3.22. The number of methoxy groups -OCH3 is 1. The molecule has 24 heavy (non-hydrogen) atoms. The molecule has 0 spiro atoms. The highest BCUT2D eigenvalue weighted by Gasteiger charge is 2.52. The molecule has 0 bridgehead atoms. The summed E-state index contributed by atoms with van der Waals surface area (Å²) < 4.78 is 17.3. The number of ether oxygens (including phenoxy) is 1. The highest BCUT2D eigenvalue weighted by Crippen LogP contribution is 2.38. The predicted octanol–water partition coefficient (Wildman–Crippen LogP) is 2.72. The fraction of sp³-hybridized carbons (Fsp3) is 0.625. The molecular weight excluding hydrogens is 311 g/mol. The average molecular weight is 336 g/mol. The van der Waals surface area contributed by atoms with Crippen LogP contribution in [-0.2, 0) is 9.31 Å². The standard InChI is InChI=1S/C16H25BN2O5/c1-10(2)18-12-9-14(22-7)13(19(20)21)8-11(12)17-23-15(3,4)16(5,6)24-17/h8-10,18H,1-7H3. The fourth-order valence-corrected chi connectivity index (χ4v) is 2.49. The van der Waals surface area contributed by atoms with E-state index >= 15 is 0 Å². The zero-order chi connectivity index (χ0) is 18.3. The Labute approximate surface area is 143 Å². The van der Waals surface area contributed by atoms with E-state index in [2.05, 4.69) is 5.32 Å². The van der Waals surface area contributed by atoms with Crippen LogP contribution >= 0.6 is 0 Å². The van der Waals surface area contributed by atoms with Crippen LogP contribution in [0.4, 0.5) is 11.4 Å². The Morgan fingerprint density at radius 2 is 1.75 bits per heavy atom. The van der Waals surface area contributed by atoms with Crippen LogP contribution in [0.1, 0.15) is 41.5 Å². The Hall–Kier alpha value is -1.80. The summed E-state index contributed by atoms with van der Waals surface area (Å²) in [5.41, 5.74) is 0.125. The summed E-state index contributed by atoms with van der Waals surface area (Å²) in [7, 11) is 0.719. The van der Waals surface area contributed by atoms with Crippen molar-refractivity contribution in [1.82, 2.24) is 0 Å². The second-order valence-electron chi connectivity index (χ2n) is 7.26. The first kappa shape index (κ1) is 18.5. The van der Waals surface area contributed by atoms with Crippen molar-refractivity contribution in [3.63, 3.8) is 0 Å². The molecule has 1 aromatic rings. The molecule has 0 amide bonds. The van der Waals surface area contributed by atoms with Crippen LogP contribution in [0.3, 0.4) is 0 Å². The maximum Gasteiger partial charge on any atom is 0.497 e. The van der Waals surface area contributed by atoms with Gasteiger partial charge >= 0.3 is 12.8 Å². The van der Waals surface area contributed by atoms with E-state index in [1.165, 1.54) is 13.2 Å². The van der Waals surface area contributed by atoms with Gasteiger partial charge in [-0.1, -0.05) is 0 Å². The molecule has 1 heterocycles. The molecule has 0 aromatic heterocycles. The molecule has 0 aliphatic carbocycles. The first-order chi connectivity index (χ1) is 11.0. The van der Waals surface area contributed by atoms with Gasteiger partial charge in [-0.15, -0.1) is 0 Å². The van der Waals surface area contributed by atoms with Gasteiger partial charge in [0.2, 0.25) is 0 Å². The summed E-state index contributed by atoms with van der Waals surface area (Å²) in [6.07, 6.45) is 0. The molecule has 8 heteroatoms. The van der Waals surface area contributed by atoms with Crippen LogP contribution in [0.25, 0.3) is 0 Å². The van der Waals surface area contributed by atoms with Crippen LogP contribution in [0, 0.1) is 10.1 Å². The molecule has 1 saturated heterocycles. The number of nitrogens with zero attached hydrogens (tertiary/aromatic N) is 1. The minimum atomic E-state index is -0.694. The maximum atomic E-state index is 11.4. The highest BCUT2D eigenvalue weighted by atomic mass is 16.7. The Morgan fingerprint density at radius 1 is 1.21 bits per heavy atom. The van der Waals surface area contributed by atoms with Gasteiger partial charge in [-0.2, -0.15) is 0 Å². The zero-order valence-electron chi connectivity index (χ0n) is 15.3. The smallest absolute Gasteiger partial charge is 0.490 e. The molecule has 1 aliphatic rings. The second-order valence-corrected chi connectivity index (χ2v) is 7.26. The van der Waals surface area contributed by atoms with E-state index in [0.717, 1.165) is 0 Å². The number of rotatable bonds is 5. The SMILES string of the molecule is COc1cc(NC(C)C)c(B2OC(C)(C)C(C)(C)O2)cc1[N+](=O)[O-]. The monoisotopic (exact) mass is 336 g/mol. The van der Waals surface area contributed by atoms with Crippen LogP contribution in [0.2, 0.25) is 0 Å². The van der Waals surface area contributed by atoms with Crippen LogP contribution in [0.5, 0.6) is 5.75 Å². The molecule has 0 unspecified atom stereocenters. The first-order valence-electron chi connectivity index (χ1n) is 7.97. The lowest BCUT2D eigenvalue weighted by Gasteiger charge is -2.32. The summed E-state index contributed by atoms with van der Waals surface area (Å²) >= 11 is 0. The summed E-state index contributed by atoms with van der Waals surface area (Å²) in [4.78, 5) is 10.9. The normalized spacial score (nSPS) is 18.8. The van der Waals surface area contributed by atoms with E-state index in [4.69, 9.17) is 14.0 Å². The van der Waals surface area contributed by atoms with Gasteiger partial charge in [0, 0.05) is 29.3 Å². The van der Waals surface area contributed by atoms with E-state index in [1.54, 1.807) is 6.07 Å². The maximum absolute atomic E-state index is 11.4. The molecule has 132 valence electrons. The molecule has 0 saturated carbocycles. The van der Waals surface area contributed by atoms with Crippen LogP contribution < -0.4 is 15.5 Å². The number of nitro benzene ring substituents is 1. The second kappa shape index (κ2) is 6.25. The van der Waals surface area contributed by atoms with Crippen LogP contribution in [-0.4, -0.2) is 36.4 Å². The Balaban J connectivity index is 2.55. The number of nitrogens with one attached hydrogen (secondary N) is 1. The molecular formula is C16H25BN2O5. The van der Waals surface area contributed by atoms with Gasteiger partial charge in [-0.25, -0.2) is 0 Å². The van der Waals surface area contributed by atoms with Crippen LogP contribution in [0.15, 0.2) is 12.1 Å².